The summed E-state index contributed by atoms with van der Waals surface area (Å²) < 4.78 is 5.48. The fourth-order valence-corrected chi connectivity index (χ4v) is 2.13. The summed E-state index contributed by atoms with van der Waals surface area (Å²) in [6, 6.07) is 7.51. The molecule has 0 spiro atoms. The van der Waals surface area contributed by atoms with Crippen molar-refractivity contribution in [2.24, 2.45) is 0 Å². The first-order valence-corrected chi connectivity index (χ1v) is 6.19. The van der Waals surface area contributed by atoms with E-state index in [9.17, 15) is 10.1 Å². The summed E-state index contributed by atoms with van der Waals surface area (Å²) >= 11 is 0. The first-order chi connectivity index (χ1) is 9.69. The lowest BCUT2D eigenvalue weighted by Crippen LogP contribution is -2.34. The third-order valence-electron chi connectivity index (χ3n) is 3.19. The number of amides is 1. The van der Waals surface area contributed by atoms with Gasteiger partial charge in [0.1, 0.15) is 17.5 Å². The fourth-order valence-electron chi connectivity index (χ4n) is 2.13. The second kappa shape index (κ2) is 4.70. The Kier molecular flexibility index (Phi) is 2.88. The van der Waals surface area contributed by atoms with E-state index in [1.807, 2.05) is 0 Å². The number of hydrogen-bond donors (Lipinski definition) is 2. The van der Waals surface area contributed by atoms with Gasteiger partial charge in [0, 0.05) is 12.4 Å². The van der Waals surface area contributed by atoms with Gasteiger partial charge in [0.05, 0.1) is 11.8 Å². The lowest BCUT2D eigenvalue weighted by Gasteiger charge is -2.24. The standard InChI is InChI=1S/C14H12N4O2/c1-8-14(19)18-11-6-9(2-3-12(11)20-8)10(7-15)13-16-4-5-17-13/h2-6,8,10H,1H3,(H,16,17)(H,18,19). The second-order valence-electron chi connectivity index (χ2n) is 4.54. The average Bonchev–Trinajstić information content (AvgIpc) is 2.95. The quantitative estimate of drug-likeness (QED) is 0.868. The van der Waals surface area contributed by atoms with Gasteiger partial charge in [-0.3, -0.25) is 4.79 Å². The molecule has 1 amide bonds. The number of carbonyl (C=O) groups excluding carboxylic acids is 1. The largest absolute Gasteiger partial charge is 0.479 e. The number of hydrogen-bond acceptors (Lipinski definition) is 4. The molecule has 2 atom stereocenters. The number of aromatic nitrogens is 2. The molecule has 1 aliphatic rings. The van der Waals surface area contributed by atoms with Gasteiger partial charge in [0.2, 0.25) is 0 Å². The zero-order valence-electron chi connectivity index (χ0n) is 10.8. The van der Waals surface area contributed by atoms with E-state index in [1.165, 1.54) is 0 Å². The number of ether oxygens (including phenoxy) is 1. The van der Waals surface area contributed by atoms with Crippen LogP contribution in [-0.2, 0) is 4.79 Å². The van der Waals surface area contributed by atoms with Gasteiger partial charge in [-0.15, -0.1) is 0 Å². The minimum absolute atomic E-state index is 0.193. The van der Waals surface area contributed by atoms with Gasteiger partial charge in [-0.2, -0.15) is 5.26 Å². The van der Waals surface area contributed by atoms with Crippen molar-refractivity contribution < 1.29 is 9.53 Å². The summed E-state index contributed by atoms with van der Waals surface area (Å²) in [6.45, 7) is 1.69. The summed E-state index contributed by atoms with van der Waals surface area (Å²) in [6.07, 6.45) is 2.76. The predicted molar refractivity (Wildman–Crippen MR) is 71.2 cm³/mol. The SMILES string of the molecule is CC1Oc2ccc(C(C#N)c3ncc[nH]3)cc2NC1=O. The van der Waals surface area contributed by atoms with E-state index >= 15 is 0 Å². The van der Waals surface area contributed by atoms with E-state index in [2.05, 4.69) is 21.4 Å². The van der Waals surface area contributed by atoms with Crippen LogP contribution in [0.5, 0.6) is 5.75 Å². The highest BCUT2D eigenvalue weighted by atomic mass is 16.5. The van der Waals surface area contributed by atoms with Crippen molar-refractivity contribution in [3.05, 3.63) is 42.0 Å². The molecule has 1 aliphatic heterocycles. The van der Waals surface area contributed by atoms with Gasteiger partial charge in [-0.05, 0) is 24.6 Å². The number of anilines is 1. The monoisotopic (exact) mass is 268 g/mol. The third kappa shape index (κ3) is 1.99. The van der Waals surface area contributed by atoms with E-state index in [0.29, 0.717) is 17.3 Å². The molecule has 2 aromatic rings. The smallest absolute Gasteiger partial charge is 0.265 e. The predicted octanol–water partition coefficient (Wildman–Crippen LogP) is 1.78. The Morgan fingerprint density at radius 2 is 2.35 bits per heavy atom. The van der Waals surface area contributed by atoms with Crippen LogP contribution in [0.3, 0.4) is 0 Å². The molecule has 100 valence electrons. The van der Waals surface area contributed by atoms with Crippen molar-refractivity contribution in [3.8, 4) is 11.8 Å². The molecule has 6 nitrogen and oxygen atoms in total. The Morgan fingerprint density at radius 1 is 1.50 bits per heavy atom. The van der Waals surface area contributed by atoms with Crippen LogP contribution < -0.4 is 10.1 Å². The summed E-state index contributed by atoms with van der Waals surface area (Å²) in [5.74, 6) is 0.480. The average molecular weight is 268 g/mol. The van der Waals surface area contributed by atoms with Gasteiger partial charge in [0.15, 0.2) is 6.10 Å². The summed E-state index contributed by atoms with van der Waals surface area (Å²) in [4.78, 5) is 18.7. The van der Waals surface area contributed by atoms with Crippen molar-refractivity contribution >= 4 is 11.6 Å². The van der Waals surface area contributed by atoms with Crippen LogP contribution >= 0.6 is 0 Å². The maximum atomic E-state index is 11.6. The Bertz CT molecular complexity index is 688. The fraction of sp³-hybridized carbons (Fsp3) is 0.214. The van der Waals surface area contributed by atoms with Crippen LogP contribution in [0.1, 0.15) is 24.2 Å². The molecule has 1 aromatic heterocycles. The number of nitrogens with one attached hydrogen (secondary N) is 2. The van der Waals surface area contributed by atoms with E-state index in [1.54, 1.807) is 37.5 Å². The molecule has 2 unspecified atom stereocenters. The number of benzene rings is 1. The molecule has 0 radical (unpaired) electrons. The number of aromatic amines is 1. The van der Waals surface area contributed by atoms with Crippen molar-refractivity contribution in [3.63, 3.8) is 0 Å². The first kappa shape index (κ1) is 12.2. The molecule has 0 bridgehead atoms. The van der Waals surface area contributed by atoms with Crippen LogP contribution in [0.2, 0.25) is 0 Å². The van der Waals surface area contributed by atoms with Crippen LogP contribution in [0, 0.1) is 11.3 Å². The van der Waals surface area contributed by atoms with Crippen molar-refractivity contribution in [1.82, 2.24) is 9.97 Å². The zero-order valence-corrected chi connectivity index (χ0v) is 10.8. The van der Waals surface area contributed by atoms with Crippen LogP contribution in [0.4, 0.5) is 5.69 Å². The molecule has 20 heavy (non-hydrogen) atoms. The first-order valence-electron chi connectivity index (χ1n) is 6.19. The maximum absolute atomic E-state index is 11.6. The summed E-state index contributed by atoms with van der Waals surface area (Å²) in [5.41, 5.74) is 1.33. The topological polar surface area (TPSA) is 90.8 Å². The number of carbonyl (C=O) groups is 1. The van der Waals surface area contributed by atoms with Gasteiger partial charge >= 0.3 is 0 Å². The Morgan fingerprint density at radius 3 is 3.05 bits per heavy atom. The molecule has 1 aromatic carbocycles. The van der Waals surface area contributed by atoms with Crippen molar-refractivity contribution in [1.29, 1.82) is 5.26 Å². The van der Waals surface area contributed by atoms with Crippen molar-refractivity contribution in [2.75, 3.05) is 5.32 Å². The molecular weight excluding hydrogens is 256 g/mol. The van der Waals surface area contributed by atoms with Gasteiger partial charge in [0.25, 0.3) is 5.91 Å². The zero-order chi connectivity index (χ0) is 14.1. The number of nitriles is 1. The Balaban J connectivity index is 1.99. The van der Waals surface area contributed by atoms with Crippen molar-refractivity contribution in [2.45, 2.75) is 18.9 Å². The van der Waals surface area contributed by atoms with Gasteiger partial charge in [-0.1, -0.05) is 6.07 Å². The molecule has 6 heteroatoms. The van der Waals surface area contributed by atoms with E-state index in [-0.39, 0.29) is 5.91 Å². The van der Waals surface area contributed by atoms with Crippen LogP contribution in [0.15, 0.2) is 30.6 Å². The van der Waals surface area contributed by atoms with E-state index in [0.717, 1.165) is 5.56 Å². The number of rotatable bonds is 2. The van der Waals surface area contributed by atoms with Gasteiger partial charge < -0.3 is 15.0 Å². The number of nitrogens with zero attached hydrogens (tertiary/aromatic N) is 2. The second-order valence-corrected chi connectivity index (χ2v) is 4.54. The minimum Gasteiger partial charge on any atom is -0.479 e. The number of imidazole rings is 1. The number of fused-ring (bicyclic) bond motifs is 1. The summed E-state index contributed by atoms with van der Waals surface area (Å²) in [7, 11) is 0. The number of H-pyrrole nitrogens is 1. The minimum atomic E-state index is -0.509. The lowest BCUT2D eigenvalue weighted by molar-refractivity contribution is -0.122. The maximum Gasteiger partial charge on any atom is 0.265 e. The normalized spacial score (nSPS) is 18.4. The highest BCUT2D eigenvalue weighted by Crippen LogP contribution is 2.33. The van der Waals surface area contributed by atoms with Crippen LogP contribution in [0.25, 0.3) is 0 Å². The van der Waals surface area contributed by atoms with Gasteiger partial charge in [-0.25, -0.2) is 4.98 Å². The highest BCUT2D eigenvalue weighted by Gasteiger charge is 2.25. The molecule has 0 saturated carbocycles. The van der Waals surface area contributed by atoms with Crippen LogP contribution in [-0.4, -0.2) is 22.0 Å². The lowest BCUT2D eigenvalue weighted by atomic mass is 9.98. The molecule has 3 rings (SSSR count). The molecule has 0 saturated heterocycles. The van der Waals surface area contributed by atoms with E-state index < -0.39 is 12.0 Å². The summed E-state index contributed by atoms with van der Waals surface area (Å²) in [5, 5.41) is 12.1. The molecular formula is C14H12N4O2. The Labute approximate surface area is 115 Å². The molecule has 2 heterocycles. The highest BCUT2D eigenvalue weighted by molar-refractivity contribution is 5.97. The van der Waals surface area contributed by atoms with E-state index in [4.69, 9.17) is 4.74 Å². The molecule has 0 aliphatic carbocycles. The third-order valence-corrected chi connectivity index (χ3v) is 3.19. The molecule has 0 fully saturated rings. The Hall–Kier alpha value is -2.81. The molecule has 2 N–H and O–H groups in total.